The van der Waals surface area contributed by atoms with E-state index in [0.717, 1.165) is 29.3 Å². The predicted molar refractivity (Wildman–Crippen MR) is 94.2 cm³/mol. The van der Waals surface area contributed by atoms with Gasteiger partial charge in [0.05, 0.1) is 16.3 Å². The van der Waals surface area contributed by atoms with Crippen LogP contribution >= 0.6 is 11.6 Å². The van der Waals surface area contributed by atoms with Gasteiger partial charge in [0.15, 0.2) is 0 Å². The number of nitrogens with one attached hydrogen (secondary N) is 2. The molecule has 0 atom stereocenters. The third kappa shape index (κ3) is 5.23. The van der Waals surface area contributed by atoms with Crippen molar-refractivity contribution in [2.75, 3.05) is 10.6 Å². The maximum absolute atomic E-state index is 12.7. The lowest BCUT2D eigenvalue weighted by Gasteiger charge is -2.12. The molecular weight excluding hydrogens is 369 g/mol. The summed E-state index contributed by atoms with van der Waals surface area (Å²) in [5.41, 5.74) is 1.27. The summed E-state index contributed by atoms with van der Waals surface area (Å²) in [4.78, 5) is 23.9. The highest BCUT2D eigenvalue weighted by molar-refractivity contribution is 6.33. The Balaban J connectivity index is 2.03. The summed E-state index contributed by atoms with van der Waals surface area (Å²) < 4.78 is 38.2. The minimum atomic E-state index is -4.57. The van der Waals surface area contributed by atoms with Gasteiger partial charge in [0.25, 0.3) is 0 Å². The molecule has 0 saturated heterocycles. The lowest BCUT2D eigenvalue weighted by molar-refractivity contribution is -0.137. The van der Waals surface area contributed by atoms with Gasteiger partial charge in [0, 0.05) is 5.69 Å². The second-order valence-electron chi connectivity index (χ2n) is 5.78. The van der Waals surface area contributed by atoms with Gasteiger partial charge in [-0.05, 0) is 43.7 Å². The summed E-state index contributed by atoms with van der Waals surface area (Å²) in [6.45, 7) is 3.72. The Morgan fingerprint density at radius 1 is 0.962 bits per heavy atom. The average Bonchev–Trinajstić information content (AvgIpc) is 2.51. The van der Waals surface area contributed by atoms with Gasteiger partial charge < -0.3 is 10.6 Å². The number of hydrogen-bond donors (Lipinski definition) is 2. The molecule has 2 N–H and O–H groups in total. The fourth-order valence-electron chi connectivity index (χ4n) is 2.29. The number of aryl methyl sites for hydroxylation is 2. The van der Waals surface area contributed by atoms with E-state index in [1.807, 2.05) is 26.0 Å². The number of alkyl halides is 3. The van der Waals surface area contributed by atoms with Crippen molar-refractivity contribution in [3.63, 3.8) is 0 Å². The molecule has 0 bridgehead atoms. The molecule has 0 radical (unpaired) electrons. The molecule has 8 heteroatoms. The zero-order valence-electron chi connectivity index (χ0n) is 14.0. The minimum absolute atomic E-state index is 0.0545. The number of anilines is 2. The highest BCUT2D eigenvalue weighted by Crippen LogP contribution is 2.33. The van der Waals surface area contributed by atoms with Gasteiger partial charge in [0.2, 0.25) is 11.8 Å². The zero-order chi connectivity index (χ0) is 19.5. The number of benzene rings is 2. The fourth-order valence-corrected chi connectivity index (χ4v) is 2.45. The second kappa shape index (κ2) is 7.78. The van der Waals surface area contributed by atoms with Crippen LogP contribution in [0.4, 0.5) is 24.5 Å². The van der Waals surface area contributed by atoms with Crippen LogP contribution in [-0.4, -0.2) is 11.8 Å². The van der Waals surface area contributed by atoms with E-state index in [0.29, 0.717) is 5.69 Å². The van der Waals surface area contributed by atoms with Crippen molar-refractivity contribution in [1.82, 2.24) is 0 Å². The smallest absolute Gasteiger partial charge is 0.325 e. The Morgan fingerprint density at radius 2 is 1.58 bits per heavy atom. The summed E-state index contributed by atoms with van der Waals surface area (Å²) in [5.74, 6) is -1.36. The van der Waals surface area contributed by atoms with Crippen molar-refractivity contribution >= 4 is 34.8 Å². The molecule has 0 aromatic heterocycles. The molecule has 2 aromatic rings. The van der Waals surface area contributed by atoms with Crippen LogP contribution in [0.2, 0.25) is 5.02 Å². The van der Waals surface area contributed by atoms with E-state index >= 15 is 0 Å². The van der Waals surface area contributed by atoms with Crippen LogP contribution in [-0.2, 0) is 15.8 Å². The molecule has 0 spiro atoms. The summed E-state index contributed by atoms with van der Waals surface area (Å²) in [5, 5.41) is 4.77. The first-order chi connectivity index (χ1) is 12.1. The maximum Gasteiger partial charge on any atom is 0.416 e. The van der Waals surface area contributed by atoms with Crippen LogP contribution in [0.5, 0.6) is 0 Å². The number of carbonyl (C=O) groups excluding carboxylic acids is 2. The first-order valence-electron chi connectivity index (χ1n) is 7.60. The van der Waals surface area contributed by atoms with Crippen molar-refractivity contribution in [3.05, 3.63) is 58.1 Å². The molecule has 0 fully saturated rings. The molecule has 2 rings (SSSR count). The highest BCUT2D eigenvalue weighted by Gasteiger charge is 2.31. The van der Waals surface area contributed by atoms with E-state index in [1.54, 1.807) is 6.07 Å². The first kappa shape index (κ1) is 19.8. The number of rotatable bonds is 4. The van der Waals surface area contributed by atoms with Crippen LogP contribution in [0.15, 0.2) is 36.4 Å². The van der Waals surface area contributed by atoms with Crippen molar-refractivity contribution in [1.29, 1.82) is 0 Å². The van der Waals surface area contributed by atoms with E-state index in [2.05, 4.69) is 10.6 Å². The molecule has 0 aliphatic heterocycles. The van der Waals surface area contributed by atoms with Crippen LogP contribution in [0.25, 0.3) is 0 Å². The third-order valence-corrected chi connectivity index (χ3v) is 3.87. The number of hydrogen-bond acceptors (Lipinski definition) is 2. The molecule has 2 amide bonds. The van der Waals surface area contributed by atoms with E-state index in [-0.39, 0.29) is 10.7 Å². The van der Waals surface area contributed by atoms with Crippen molar-refractivity contribution in [3.8, 4) is 0 Å². The largest absolute Gasteiger partial charge is 0.416 e. The SMILES string of the molecule is Cc1ccc(NC(=O)CC(=O)Nc2cc(C(F)(F)F)ccc2Cl)c(C)c1. The van der Waals surface area contributed by atoms with Crippen LogP contribution in [0.1, 0.15) is 23.1 Å². The van der Waals surface area contributed by atoms with E-state index < -0.39 is 30.0 Å². The molecular formula is C18H16ClF3N2O2. The van der Waals surface area contributed by atoms with Gasteiger partial charge in [-0.25, -0.2) is 0 Å². The van der Waals surface area contributed by atoms with Gasteiger partial charge in [-0.3, -0.25) is 9.59 Å². The lowest BCUT2D eigenvalue weighted by atomic mass is 10.1. The van der Waals surface area contributed by atoms with E-state index in [9.17, 15) is 22.8 Å². The number of amides is 2. The molecule has 0 aliphatic rings. The average molecular weight is 385 g/mol. The number of halogens is 4. The highest BCUT2D eigenvalue weighted by atomic mass is 35.5. The molecule has 2 aromatic carbocycles. The normalized spacial score (nSPS) is 11.2. The topological polar surface area (TPSA) is 58.2 Å². The standard InChI is InChI=1S/C18H16ClF3N2O2/c1-10-3-6-14(11(2)7-10)23-16(25)9-17(26)24-15-8-12(18(20,21)22)4-5-13(15)19/h3-8H,9H2,1-2H3,(H,23,25)(H,24,26). The van der Waals surface area contributed by atoms with Crippen molar-refractivity contribution in [2.24, 2.45) is 0 Å². The Hall–Kier alpha value is -2.54. The van der Waals surface area contributed by atoms with Crippen LogP contribution < -0.4 is 10.6 Å². The fraction of sp³-hybridized carbons (Fsp3) is 0.222. The van der Waals surface area contributed by atoms with Crippen molar-refractivity contribution < 1.29 is 22.8 Å². The molecule has 0 unspecified atom stereocenters. The van der Waals surface area contributed by atoms with Crippen molar-refractivity contribution in [2.45, 2.75) is 26.4 Å². The first-order valence-corrected chi connectivity index (χ1v) is 7.98. The minimum Gasteiger partial charge on any atom is -0.325 e. The van der Waals surface area contributed by atoms with Crippen LogP contribution in [0.3, 0.4) is 0 Å². The summed E-state index contributed by atoms with van der Waals surface area (Å²) in [6, 6.07) is 7.97. The monoisotopic (exact) mass is 384 g/mol. The van der Waals surface area contributed by atoms with E-state index in [4.69, 9.17) is 11.6 Å². The predicted octanol–water partition coefficient (Wildman–Crippen LogP) is 4.94. The van der Waals surface area contributed by atoms with Gasteiger partial charge >= 0.3 is 6.18 Å². The molecule has 0 aliphatic carbocycles. The third-order valence-electron chi connectivity index (χ3n) is 3.54. The number of carbonyl (C=O) groups is 2. The van der Waals surface area contributed by atoms with Gasteiger partial charge in [-0.15, -0.1) is 0 Å². The molecule has 4 nitrogen and oxygen atoms in total. The van der Waals surface area contributed by atoms with Crippen LogP contribution in [0, 0.1) is 13.8 Å². The molecule has 26 heavy (non-hydrogen) atoms. The molecule has 138 valence electrons. The molecule has 0 heterocycles. The zero-order valence-corrected chi connectivity index (χ0v) is 14.8. The molecule has 0 saturated carbocycles. The second-order valence-corrected chi connectivity index (χ2v) is 6.19. The maximum atomic E-state index is 12.7. The van der Waals surface area contributed by atoms with Gasteiger partial charge in [-0.1, -0.05) is 29.3 Å². The van der Waals surface area contributed by atoms with E-state index in [1.165, 1.54) is 0 Å². The summed E-state index contributed by atoms with van der Waals surface area (Å²) in [7, 11) is 0. The lowest BCUT2D eigenvalue weighted by Crippen LogP contribution is -2.22. The quantitative estimate of drug-likeness (QED) is 0.733. The van der Waals surface area contributed by atoms with Gasteiger partial charge in [0.1, 0.15) is 6.42 Å². The summed E-state index contributed by atoms with van der Waals surface area (Å²) >= 11 is 5.81. The summed E-state index contributed by atoms with van der Waals surface area (Å²) in [6.07, 6.45) is -5.12. The Labute approximate surface area is 153 Å². The van der Waals surface area contributed by atoms with Gasteiger partial charge in [-0.2, -0.15) is 13.2 Å². The Morgan fingerprint density at radius 3 is 2.15 bits per heavy atom. The Kier molecular flexibility index (Phi) is 5.92. The Bertz CT molecular complexity index is 851.